The molecule has 0 N–H and O–H groups in total. The summed E-state index contributed by atoms with van der Waals surface area (Å²) in [6, 6.07) is 20.0. The molecule has 3 unspecified atom stereocenters. The minimum absolute atomic E-state index is 0.265. The quantitative estimate of drug-likeness (QED) is 0.254. The largest absolute Gasteiger partial charge is 0.0877 e. The summed E-state index contributed by atoms with van der Waals surface area (Å²) in [6.07, 6.45) is 12.7. The minimum Gasteiger partial charge on any atom is -0.0877 e. The summed E-state index contributed by atoms with van der Waals surface area (Å²) in [6.45, 7) is 21.6. The van der Waals surface area contributed by atoms with Crippen molar-refractivity contribution in [1.82, 2.24) is 0 Å². The molecule has 0 spiro atoms. The van der Waals surface area contributed by atoms with E-state index in [4.69, 9.17) is 0 Å². The number of hydrogen-bond acceptors (Lipinski definition) is 0. The number of hydrogen-bond donors (Lipinski definition) is 0. The van der Waals surface area contributed by atoms with Crippen LogP contribution in [0.1, 0.15) is 98.3 Å². The van der Waals surface area contributed by atoms with E-state index in [1.807, 2.05) is 0 Å². The maximum Gasteiger partial charge on any atom is -0.0195 e. The summed E-state index contributed by atoms with van der Waals surface area (Å²) in [7, 11) is 0. The van der Waals surface area contributed by atoms with Gasteiger partial charge >= 0.3 is 0 Å². The molecule has 2 aromatic carbocycles. The molecule has 0 saturated carbocycles. The summed E-state index contributed by atoms with van der Waals surface area (Å²) < 4.78 is 0. The van der Waals surface area contributed by atoms with E-state index < -0.39 is 0 Å². The zero-order chi connectivity index (χ0) is 26.1. The van der Waals surface area contributed by atoms with Crippen LogP contribution in [-0.2, 0) is 12.8 Å². The Hall–Kier alpha value is -2.08. The zero-order valence-corrected chi connectivity index (χ0v) is 24.2. The molecule has 0 bridgehead atoms. The van der Waals surface area contributed by atoms with E-state index in [1.54, 1.807) is 0 Å². The van der Waals surface area contributed by atoms with Crippen molar-refractivity contribution in [2.24, 2.45) is 28.6 Å². The highest BCUT2D eigenvalue weighted by atomic mass is 14.4. The Morgan fingerprint density at radius 2 is 1.37 bits per heavy atom. The molecule has 0 fully saturated rings. The predicted octanol–water partition coefficient (Wildman–Crippen LogP) is 10.6. The van der Waals surface area contributed by atoms with Crippen molar-refractivity contribution in [2.45, 2.75) is 94.4 Å². The standard InChI is InChI=1S/C35H52/c1-10-11-17-30(5)33-21-16-15-20-32(33)24-28(3)22-27(2)23-29(4)25-34(6,7)35(8,9)26-31-18-13-12-14-19-31/h10-21,27-29H,22-26H2,1-9H3. The van der Waals surface area contributed by atoms with E-state index in [0.717, 1.165) is 24.7 Å². The zero-order valence-electron chi connectivity index (χ0n) is 24.2. The van der Waals surface area contributed by atoms with E-state index in [1.165, 1.54) is 41.5 Å². The molecule has 0 heteroatoms. The number of rotatable bonds is 13. The van der Waals surface area contributed by atoms with Crippen LogP contribution in [0.25, 0.3) is 5.57 Å². The highest BCUT2D eigenvalue weighted by molar-refractivity contribution is 5.68. The van der Waals surface area contributed by atoms with Crippen molar-refractivity contribution in [2.75, 3.05) is 0 Å². The van der Waals surface area contributed by atoms with Gasteiger partial charge in [-0.3, -0.25) is 0 Å². The number of benzene rings is 2. The van der Waals surface area contributed by atoms with Crippen LogP contribution in [-0.4, -0.2) is 0 Å². The minimum atomic E-state index is 0.265. The van der Waals surface area contributed by atoms with Gasteiger partial charge in [0.25, 0.3) is 0 Å². The SMILES string of the molecule is CC=CC=C(C)c1ccccc1CC(C)CC(C)CC(C)CC(C)(C)C(C)(C)Cc1ccccc1. The van der Waals surface area contributed by atoms with Crippen LogP contribution in [0.15, 0.2) is 72.8 Å². The second-order valence-electron chi connectivity index (χ2n) is 12.7. The van der Waals surface area contributed by atoms with E-state index in [-0.39, 0.29) is 5.41 Å². The van der Waals surface area contributed by atoms with Crippen LogP contribution >= 0.6 is 0 Å². The Balaban J connectivity index is 1.93. The summed E-state index contributed by atoms with van der Waals surface area (Å²) >= 11 is 0. The van der Waals surface area contributed by atoms with E-state index >= 15 is 0 Å². The van der Waals surface area contributed by atoms with Crippen molar-refractivity contribution in [1.29, 1.82) is 0 Å². The average molecular weight is 473 g/mol. The van der Waals surface area contributed by atoms with Crippen molar-refractivity contribution in [3.8, 4) is 0 Å². The lowest BCUT2D eigenvalue weighted by molar-refractivity contribution is 0.0746. The van der Waals surface area contributed by atoms with Crippen molar-refractivity contribution in [3.05, 3.63) is 89.5 Å². The fourth-order valence-electron chi connectivity index (χ4n) is 5.92. The first-order valence-electron chi connectivity index (χ1n) is 13.9. The van der Waals surface area contributed by atoms with E-state index in [9.17, 15) is 0 Å². The topological polar surface area (TPSA) is 0 Å². The molecule has 0 aromatic heterocycles. The van der Waals surface area contributed by atoms with Gasteiger partial charge in [0.05, 0.1) is 0 Å². The molecular weight excluding hydrogens is 420 g/mol. The fourth-order valence-corrected chi connectivity index (χ4v) is 5.92. The molecule has 0 heterocycles. The van der Waals surface area contributed by atoms with Crippen LogP contribution in [0.2, 0.25) is 0 Å². The second-order valence-corrected chi connectivity index (χ2v) is 12.7. The lowest BCUT2D eigenvalue weighted by Crippen LogP contribution is -2.36. The monoisotopic (exact) mass is 472 g/mol. The van der Waals surface area contributed by atoms with Crippen molar-refractivity contribution in [3.63, 3.8) is 0 Å². The Morgan fingerprint density at radius 3 is 2.03 bits per heavy atom. The Labute approximate surface area is 218 Å². The van der Waals surface area contributed by atoms with Gasteiger partial charge in [0.15, 0.2) is 0 Å². The van der Waals surface area contributed by atoms with E-state index in [2.05, 4.69) is 135 Å². The Morgan fingerprint density at radius 1 is 0.771 bits per heavy atom. The van der Waals surface area contributed by atoms with Gasteiger partial charge in [-0.25, -0.2) is 0 Å². The van der Waals surface area contributed by atoms with Gasteiger partial charge in [-0.05, 0) is 96.8 Å². The molecule has 0 aliphatic rings. The molecule has 2 aromatic rings. The maximum atomic E-state index is 2.49. The molecule has 0 radical (unpaired) electrons. The third kappa shape index (κ3) is 9.14. The van der Waals surface area contributed by atoms with Gasteiger partial charge in [-0.1, -0.05) is 121 Å². The molecule has 192 valence electrons. The molecular formula is C35H52. The maximum absolute atomic E-state index is 2.49. The molecule has 0 amide bonds. The highest BCUT2D eigenvalue weighted by Crippen LogP contribution is 2.46. The van der Waals surface area contributed by atoms with Crippen LogP contribution in [0.5, 0.6) is 0 Å². The van der Waals surface area contributed by atoms with Crippen LogP contribution in [0.4, 0.5) is 0 Å². The first-order valence-corrected chi connectivity index (χ1v) is 13.9. The van der Waals surface area contributed by atoms with Gasteiger partial charge in [0.2, 0.25) is 0 Å². The highest BCUT2D eigenvalue weighted by Gasteiger charge is 2.38. The van der Waals surface area contributed by atoms with Gasteiger partial charge in [0, 0.05) is 0 Å². The summed E-state index contributed by atoms with van der Waals surface area (Å²) in [4.78, 5) is 0. The summed E-state index contributed by atoms with van der Waals surface area (Å²) in [5.74, 6) is 2.18. The molecule has 3 atom stereocenters. The third-order valence-corrected chi connectivity index (χ3v) is 8.34. The molecule has 0 nitrogen and oxygen atoms in total. The van der Waals surface area contributed by atoms with Gasteiger partial charge < -0.3 is 0 Å². The molecule has 2 rings (SSSR count). The fraction of sp³-hybridized carbons (Fsp3) is 0.543. The third-order valence-electron chi connectivity index (χ3n) is 8.34. The molecule has 0 aliphatic heterocycles. The molecule has 0 aliphatic carbocycles. The smallest absolute Gasteiger partial charge is 0.0195 e. The van der Waals surface area contributed by atoms with E-state index in [0.29, 0.717) is 11.3 Å². The lowest BCUT2D eigenvalue weighted by atomic mass is 9.61. The predicted molar refractivity (Wildman–Crippen MR) is 158 cm³/mol. The first-order chi connectivity index (χ1) is 16.4. The van der Waals surface area contributed by atoms with Crippen LogP contribution in [0.3, 0.4) is 0 Å². The number of allylic oxidation sites excluding steroid dienone is 4. The second kappa shape index (κ2) is 13.3. The van der Waals surface area contributed by atoms with Gasteiger partial charge in [-0.2, -0.15) is 0 Å². The van der Waals surface area contributed by atoms with Crippen molar-refractivity contribution < 1.29 is 0 Å². The lowest BCUT2D eigenvalue weighted by Gasteiger charge is -2.44. The van der Waals surface area contributed by atoms with Crippen LogP contribution in [0, 0.1) is 28.6 Å². The Bertz CT molecular complexity index is 941. The van der Waals surface area contributed by atoms with Crippen LogP contribution < -0.4 is 0 Å². The first kappa shape index (κ1) is 29.2. The molecule has 35 heavy (non-hydrogen) atoms. The Kier molecular flexibility index (Phi) is 11.1. The summed E-state index contributed by atoms with van der Waals surface area (Å²) in [5, 5.41) is 0. The van der Waals surface area contributed by atoms with Gasteiger partial charge in [0.1, 0.15) is 0 Å². The van der Waals surface area contributed by atoms with Crippen molar-refractivity contribution >= 4 is 5.57 Å². The van der Waals surface area contributed by atoms with Gasteiger partial charge in [-0.15, -0.1) is 0 Å². The normalized spacial score (nSPS) is 15.9. The average Bonchev–Trinajstić information content (AvgIpc) is 2.77. The summed E-state index contributed by atoms with van der Waals surface area (Å²) in [5.41, 5.74) is 6.26. The molecule has 0 saturated heterocycles.